The molecule has 1 aromatic heterocycles. The van der Waals surface area contributed by atoms with Gasteiger partial charge in [0, 0.05) is 22.9 Å². The topological polar surface area (TPSA) is 48.1 Å². The van der Waals surface area contributed by atoms with Crippen LogP contribution in [0.1, 0.15) is 17.2 Å². The molecule has 0 aliphatic rings. The summed E-state index contributed by atoms with van der Waals surface area (Å²) < 4.78 is 6.19. The lowest BCUT2D eigenvalue weighted by atomic mass is 10.00. The van der Waals surface area contributed by atoms with Crippen molar-refractivity contribution in [1.82, 2.24) is 4.98 Å². The van der Waals surface area contributed by atoms with Gasteiger partial charge in [-0.1, -0.05) is 27.5 Å². The predicted molar refractivity (Wildman–Crippen MR) is 80.6 cm³/mol. The summed E-state index contributed by atoms with van der Waals surface area (Å²) >= 11 is 9.61. The van der Waals surface area contributed by atoms with Crippen molar-refractivity contribution in [1.29, 1.82) is 0 Å². The van der Waals surface area contributed by atoms with Crippen LogP contribution in [0.4, 0.5) is 0 Å². The SMILES string of the molecule is COc1ccc(Br)c(C(N)Cc2ccncc2Cl)c1. The van der Waals surface area contributed by atoms with Gasteiger partial charge in [-0.05, 0) is 41.8 Å². The third-order valence-electron chi connectivity index (χ3n) is 2.90. The molecule has 0 aliphatic heterocycles. The van der Waals surface area contributed by atoms with E-state index < -0.39 is 0 Å². The van der Waals surface area contributed by atoms with E-state index >= 15 is 0 Å². The van der Waals surface area contributed by atoms with Crippen LogP contribution in [0.25, 0.3) is 0 Å². The number of nitrogens with two attached hydrogens (primary N) is 1. The molecule has 0 aliphatic carbocycles. The molecule has 1 heterocycles. The van der Waals surface area contributed by atoms with Crippen molar-refractivity contribution in [3.63, 3.8) is 0 Å². The van der Waals surface area contributed by atoms with Gasteiger partial charge in [-0.2, -0.15) is 0 Å². The van der Waals surface area contributed by atoms with Gasteiger partial charge in [0.25, 0.3) is 0 Å². The van der Waals surface area contributed by atoms with Crippen LogP contribution in [-0.4, -0.2) is 12.1 Å². The molecule has 0 spiro atoms. The molecule has 1 atom stereocenters. The molecular weight excluding hydrogens is 328 g/mol. The zero-order valence-corrected chi connectivity index (χ0v) is 12.8. The van der Waals surface area contributed by atoms with Gasteiger partial charge in [-0.3, -0.25) is 4.98 Å². The maximum atomic E-state index is 6.26. The van der Waals surface area contributed by atoms with E-state index in [0.29, 0.717) is 11.4 Å². The van der Waals surface area contributed by atoms with E-state index in [0.717, 1.165) is 21.3 Å². The van der Waals surface area contributed by atoms with Crippen molar-refractivity contribution >= 4 is 27.5 Å². The average Bonchev–Trinajstić information content (AvgIpc) is 2.42. The minimum absolute atomic E-state index is 0.163. The maximum Gasteiger partial charge on any atom is 0.119 e. The molecule has 0 saturated heterocycles. The van der Waals surface area contributed by atoms with E-state index in [-0.39, 0.29) is 6.04 Å². The second kappa shape index (κ2) is 6.37. The summed E-state index contributed by atoms with van der Waals surface area (Å²) in [6.07, 6.45) is 3.99. The van der Waals surface area contributed by atoms with Crippen molar-refractivity contribution in [2.24, 2.45) is 5.73 Å². The van der Waals surface area contributed by atoms with Crippen molar-refractivity contribution in [2.75, 3.05) is 7.11 Å². The van der Waals surface area contributed by atoms with Crippen molar-refractivity contribution in [3.8, 4) is 5.75 Å². The molecule has 0 saturated carbocycles. The van der Waals surface area contributed by atoms with E-state index in [1.54, 1.807) is 19.5 Å². The Morgan fingerprint density at radius 3 is 2.89 bits per heavy atom. The summed E-state index contributed by atoms with van der Waals surface area (Å²) in [5.41, 5.74) is 8.23. The maximum absolute atomic E-state index is 6.26. The van der Waals surface area contributed by atoms with Gasteiger partial charge in [0.2, 0.25) is 0 Å². The second-order valence-corrected chi connectivity index (χ2v) is 5.43. The highest BCUT2D eigenvalue weighted by atomic mass is 79.9. The fourth-order valence-electron chi connectivity index (χ4n) is 1.85. The van der Waals surface area contributed by atoms with Gasteiger partial charge in [0.1, 0.15) is 5.75 Å². The fraction of sp³-hybridized carbons (Fsp3) is 0.214. The summed E-state index contributed by atoms with van der Waals surface area (Å²) in [5, 5.41) is 0.636. The van der Waals surface area contributed by atoms with Gasteiger partial charge in [0.15, 0.2) is 0 Å². The highest BCUT2D eigenvalue weighted by Crippen LogP contribution is 2.29. The van der Waals surface area contributed by atoms with E-state index in [1.165, 1.54) is 0 Å². The molecular formula is C14H14BrClN2O. The number of pyridine rings is 1. The minimum atomic E-state index is -0.163. The Morgan fingerprint density at radius 1 is 1.42 bits per heavy atom. The standard InChI is InChI=1S/C14H14BrClN2O/c1-19-10-2-3-12(15)11(7-10)14(17)6-9-4-5-18-8-13(9)16/h2-5,7-8,14H,6,17H2,1H3. The van der Waals surface area contributed by atoms with Crippen LogP contribution in [0.2, 0.25) is 5.02 Å². The van der Waals surface area contributed by atoms with Crippen LogP contribution in [0.15, 0.2) is 41.1 Å². The molecule has 1 aromatic carbocycles. The predicted octanol–water partition coefficient (Wildman–Crippen LogP) is 3.75. The normalized spacial score (nSPS) is 12.2. The van der Waals surface area contributed by atoms with E-state index in [9.17, 15) is 0 Å². The van der Waals surface area contributed by atoms with Gasteiger partial charge >= 0.3 is 0 Å². The van der Waals surface area contributed by atoms with E-state index in [1.807, 2.05) is 24.3 Å². The molecule has 0 bridgehead atoms. The molecule has 5 heteroatoms. The Balaban J connectivity index is 2.25. The third-order valence-corrected chi connectivity index (χ3v) is 3.96. The molecule has 0 amide bonds. The summed E-state index contributed by atoms with van der Waals surface area (Å²) in [6, 6.07) is 7.48. The van der Waals surface area contributed by atoms with Crippen molar-refractivity contribution < 1.29 is 4.74 Å². The number of rotatable bonds is 4. The number of aromatic nitrogens is 1. The quantitative estimate of drug-likeness (QED) is 0.921. The molecule has 2 aromatic rings. The average molecular weight is 342 g/mol. The van der Waals surface area contributed by atoms with Crippen molar-refractivity contribution in [2.45, 2.75) is 12.5 Å². The first-order valence-electron chi connectivity index (χ1n) is 5.79. The Hall–Kier alpha value is -1.10. The van der Waals surface area contributed by atoms with Crippen LogP contribution in [0.3, 0.4) is 0 Å². The highest BCUT2D eigenvalue weighted by Gasteiger charge is 2.13. The number of benzene rings is 1. The number of hydrogen-bond donors (Lipinski definition) is 1. The van der Waals surface area contributed by atoms with Gasteiger partial charge in [0.05, 0.1) is 12.1 Å². The smallest absolute Gasteiger partial charge is 0.119 e. The minimum Gasteiger partial charge on any atom is -0.497 e. The second-order valence-electron chi connectivity index (χ2n) is 4.17. The number of ether oxygens (including phenoxy) is 1. The van der Waals surface area contributed by atoms with Gasteiger partial charge in [-0.25, -0.2) is 0 Å². The molecule has 100 valence electrons. The van der Waals surface area contributed by atoms with Gasteiger partial charge < -0.3 is 10.5 Å². The number of nitrogens with zero attached hydrogens (tertiary/aromatic N) is 1. The molecule has 1 unspecified atom stereocenters. The lowest BCUT2D eigenvalue weighted by Gasteiger charge is -2.15. The first-order chi connectivity index (χ1) is 9.11. The van der Waals surface area contributed by atoms with Crippen LogP contribution < -0.4 is 10.5 Å². The lowest BCUT2D eigenvalue weighted by molar-refractivity contribution is 0.413. The number of methoxy groups -OCH3 is 1. The van der Waals surface area contributed by atoms with E-state index in [2.05, 4.69) is 20.9 Å². The molecule has 19 heavy (non-hydrogen) atoms. The molecule has 0 fully saturated rings. The van der Waals surface area contributed by atoms with Crippen LogP contribution in [-0.2, 0) is 6.42 Å². The summed E-state index contributed by atoms with van der Waals surface area (Å²) in [7, 11) is 1.64. The fourth-order valence-corrected chi connectivity index (χ4v) is 2.59. The summed E-state index contributed by atoms with van der Waals surface area (Å²) in [6.45, 7) is 0. The lowest BCUT2D eigenvalue weighted by Crippen LogP contribution is -2.14. The zero-order valence-electron chi connectivity index (χ0n) is 10.4. The first kappa shape index (κ1) is 14.3. The Labute approximate surface area is 125 Å². The summed E-state index contributed by atoms with van der Waals surface area (Å²) in [5.74, 6) is 0.787. The first-order valence-corrected chi connectivity index (χ1v) is 6.96. The molecule has 0 radical (unpaired) electrons. The van der Waals surface area contributed by atoms with Crippen molar-refractivity contribution in [3.05, 3.63) is 57.3 Å². The third kappa shape index (κ3) is 3.47. The monoisotopic (exact) mass is 340 g/mol. The van der Waals surface area contributed by atoms with Crippen LogP contribution in [0.5, 0.6) is 5.75 Å². The van der Waals surface area contributed by atoms with Crippen LogP contribution >= 0.6 is 27.5 Å². The molecule has 2 N–H and O–H groups in total. The van der Waals surface area contributed by atoms with Gasteiger partial charge in [-0.15, -0.1) is 0 Å². The van der Waals surface area contributed by atoms with Crippen LogP contribution in [0, 0.1) is 0 Å². The highest BCUT2D eigenvalue weighted by molar-refractivity contribution is 9.10. The Bertz CT molecular complexity index is 577. The Kier molecular flexibility index (Phi) is 4.80. The van der Waals surface area contributed by atoms with E-state index in [4.69, 9.17) is 22.1 Å². The number of halogens is 2. The zero-order chi connectivity index (χ0) is 13.8. The Morgan fingerprint density at radius 2 is 2.21 bits per heavy atom. The molecule has 3 nitrogen and oxygen atoms in total. The molecule has 2 rings (SSSR count). The largest absolute Gasteiger partial charge is 0.497 e. The summed E-state index contributed by atoms with van der Waals surface area (Å²) in [4.78, 5) is 3.97. The number of hydrogen-bond acceptors (Lipinski definition) is 3.